The number of fused-ring (bicyclic) bond motifs is 1. The highest BCUT2D eigenvalue weighted by Crippen LogP contribution is 2.36. The molecule has 0 radical (unpaired) electrons. The van der Waals surface area contributed by atoms with Crippen molar-refractivity contribution < 1.29 is 37.0 Å². The van der Waals surface area contributed by atoms with Crippen molar-refractivity contribution in [3.63, 3.8) is 0 Å². The first-order chi connectivity index (χ1) is 16.1. The van der Waals surface area contributed by atoms with Gasteiger partial charge in [0.1, 0.15) is 13.2 Å². The van der Waals surface area contributed by atoms with E-state index in [4.69, 9.17) is 19.3 Å². The maximum absolute atomic E-state index is 12.6. The van der Waals surface area contributed by atoms with Gasteiger partial charge in [-0.25, -0.2) is 13.6 Å². The zero-order valence-corrected chi connectivity index (χ0v) is 19.0. The predicted octanol–water partition coefficient (Wildman–Crippen LogP) is 1.03. The summed E-state index contributed by atoms with van der Waals surface area (Å²) in [7, 11) is -3.85. The van der Waals surface area contributed by atoms with Gasteiger partial charge in [0.05, 0.1) is 10.8 Å². The Morgan fingerprint density at radius 3 is 2.47 bits per heavy atom. The largest absolute Gasteiger partial charge is 0.486 e. The Bertz CT molecular complexity index is 1230. The number of hydrogen-bond acceptors (Lipinski definition) is 8. The Hall–Kier alpha value is -3.64. The van der Waals surface area contributed by atoms with Gasteiger partial charge in [0, 0.05) is 30.4 Å². The molecule has 0 bridgehead atoms. The summed E-state index contributed by atoms with van der Waals surface area (Å²) in [6.07, 6.45) is -1.18. The molecule has 11 nitrogen and oxygen atoms in total. The first kappa shape index (κ1) is 23.5. The van der Waals surface area contributed by atoms with E-state index < -0.39 is 33.9 Å². The molecule has 2 aliphatic heterocycles. The van der Waals surface area contributed by atoms with Gasteiger partial charge in [-0.1, -0.05) is 0 Å². The van der Waals surface area contributed by atoms with Crippen molar-refractivity contribution in [1.29, 1.82) is 0 Å². The lowest BCUT2D eigenvalue weighted by atomic mass is 10.1. The summed E-state index contributed by atoms with van der Waals surface area (Å²) >= 11 is 0. The molecule has 0 aliphatic carbocycles. The molecule has 2 aromatic carbocycles. The molecule has 3 N–H and O–H groups in total. The number of nitrogens with one attached hydrogen (secondary N) is 1. The molecule has 180 valence electrons. The van der Waals surface area contributed by atoms with E-state index in [9.17, 15) is 22.8 Å². The third-order valence-electron chi connectivity index (χ3n) is 5.41. The van der Waals surface area contributed by atoms with Crippen LogP contribution in [-0.4, -0.2) is 52.1 Å². The molecule has 0 aromatic heterocycles. The minimum atomic E-state index is -3.85. The number of rotatable bonds is 6. The lowest BCUT2D eigenvalue weighted by Gasteiger charge is -2.22. The van der Waals surface area contributed by atoms with Gasteiger partial charge in [-0.2, -0.15) is 0 Å². The van der Waals surface area contributed by atoms with Crippen LogP contribution in [0.5, 0.6) is 11.5 Å². The molecule has 1 saturated heterocycles. The van der Waals surface area contributed by atoms with Crippen molar-refractivity contribution in [2.45, 2.75) is 24.3 Å². The standard InChI is InChI=1S/C22H23N3O8S/c1-13(21(27)24-15-2-5-17(6-3-15)34(23,29)30)33-22(28)14-10-20(26)25(12-14)16-4-7-18-19(11-16)32-9-8-31-18/h2-7,11,13-14H,8-10,12H2,1H3,(H,24,27)(H2,23,29,30)/t13-,14-/m0/s1. The number of benzene rings is 2. The van der Waals surface area contributed by atoms with Gasteiger partial charge in [0.25, 0.3) is 5.91 Å². The van der Waals surface area contributed by atoms with Crippen LogP contribution in [0.1, 0.15) is 13.3 Å². The van der Waals surface area contributed by atoms with Gasteiger partial charge >= 0.3 is 5.97 Å². The SMILES string of the molecule is C[C@H](OC(=O)[C@H]1CC(=O)N(c2ccc3c(c2)OCCO3)C1)C(=O)Nc1ccc(S(N)(=O)=O)cc1. The number of amides is 2. The molecule has 2 aromatic rings. The van der Waals surface area contributed by atoms with Crippen molar-refractivity contribution >= 4 is 39.2 Å². The predicted molar refractivity (Wildman–Crippen MR) is 120 cm³/mol. The topological polar surface area (TPSA) is 154 Å². The van der Waals surface area contributed by atoms with E-state index in [-0.39, 0.29) is 23.8 Å². The number of carbonyl (C=O) groups is 3. The molecule has 0 unspecified atom stereocenters. The summed E-state index contributed by atoms with van der Waals surface area (Å²) < 4.78 is 38.9. The minimum Gasteiger partial charge on any atom is -0.486 e. The van der Waals surface area contributed by atoms with Crippen molar-refractivity contribution in [3.05, 3.63) is 42.5 Å². The fourth-order valence-electron chi connectivity index (χ4n) is 3.61. The second kappa shape index (κ2) is 9.31. The highest BCUT2D eigenvalue weighted by atomic mass is 32.2. The third kappa shape index (κ3) is 5.13. The quantitative estimate of drug-likeness (QED) is 0.570. The summed E-state index contributed by atoms with van der Waals surface area (Å²) in [6.45, 7) is 2.38. The zero-order valence-electron chi connectivity index (χ0n) is 18.2. The lowest BCUT2D eigenvalue weighted by molar-refractivity contribution is -0.157. The fraction of sp³-hybridized carbons (Fsp3) is 0.318. The molecule has 4 rings (SSSR count). The van der Waals surface area contributed by atoms with Gasteiger partial charge < -0.3 is 24.4 Å². The molecule has 0 saturated carbocycles. The third-order valence-corrected chi connectivity index (χ3v) is 6.34. The maximum Gasteiger partial charge on any atom is 0.312 e. The van der Waals surface area contributed by atoms with Crippen LogP contribution in [0.2, 0.25) is 0 Å². The Labute approximate surface area is 195 Å². The monoisotopic (exact) mass is 489 g/mol. The summed E-state index contributed by atoms with van der Waals surface area (Å²) in [6, 6.07) is 10.4. The second-order valence-corrected chi connectivity index (χ2v) is 9.43. The average molecular weight is 490 g/mol. The molecule has 34 heavy (non-hydrogen) atoms. The van der Waals surface area contributed by atoms with Crippen LogP contribution >= 0.6 is 0 Å². The van der Waals surface area contributed by atoms with Crippen molar-refractivity contribution in [3.8, 4) is 11.5 Å². The number of nitrogens with two attached hydrogens (primary N) is 1. The molecular weight excluding hydrogens is 466 g/mol. The number of hydrogen-bond donors (Lipinski definition) is 2. The van der Waals surface area contributed by atoms with Crippen LogP contribution in [0.3, 0.4) is 0 Å². The van der Waals surface area contributed by atoms with Gasteiger partial charge in [0.15, 0.2) is 17.6 Å². The van der Waals surface area contributed by atoms with Crippen LogP contribution in [0.25, 0.3) is 0 Å². The van der Waals surface area contributed by atoms with Gasteiger partial charge in [-0.15, -0.1) is 0 Å². The molecule has 0 spiro atoms. The Morgan fingerprint density at radius 2 is 1.79 bits per heavy atom. The number of ether oxygens (including phenoxy) is 3. The summed E-state index contributed by atoms with van der Waals surface area (Å²) in [4.78, 5) is 38.9. The first-order valence-corrected chi connectivity index (χ1v) is 12.0. The van der Waals surface area contributed by atoms with Crippen LogP contribution in [0.4, 0.5) is 11.4 Å². The zero-order chi connectivity index (χ0) is 24.5. The van der Waals surface area contributed by atoms with E-state index in [0.29, 0.717) is 36.1 Å². The first-order valence-electron chi connectivity index (χ1n) is 10.5. The number of anilines is 2. The Balaban J connectivity index is 1.34. The fourth-order valence-corrected chi connectivity index (χ4v) is 4.13. The van der Waals surface area contributed by atoms with E-state index in [1.165, 1.54) is 36.1 Å². The minimum absolute atomic E-state index is 0.0450. The Kier molecular flexibility index (Phi) is 6.44. The van der Waals surface area contributed by atoms with Gasteiger partial charge in [-0.3, -0.25) is 14.4 Å². The van der Waals surface area contributed by atoms with Crippen molar-refractivity contribution in [1.82, 2.24) is 0 Å². The average Bonchev–Trinajstić information content (AvgIpc) is 3.20. The lowest BCUT2D eigenvalue weighted by Crippen LogP contribution is -2.33. The number of sulfonamides is 1. The van der Waals surface area contributed by atoms with E-state index in [1.807, 2.05) is 0 Å². The number of nitrogens with zero attached hydrogens (tertiary/aromatic N) is 1. The second-order valence-electron chi connectivity index (χ2n) is 7.87. The smallest absolute Gasteiger partial charge is 0.312 e. The molecule has 2 heterocycles. The van der Waals surface area contributed by atoms with Crippen LogP contribution < -0.4 is 24.8 Å². The van der Waals surface area contributed by atoms with Crippen LogP contribution in [0, 0.1) is 5.92 Å². The highest BCUT2D eigenvalue weighted by Gasteiger charge is 2.37. The number of carbonyl (C=O) groups excluding carboxylic acids is 3. The molecule has 2 aliphatic rings. The van der Waals surface area contributed by atoms with E-state index in [1.54, 1.807) is 18.2 Å². The number of esters is 1. The summed E-state index contributed by atoms with van der Waals surface area (Å²) in [5, 5.41) is 7.58. The highest BCUT2D eigenvalue weighted by molar-refractivity contribution is 7.89. The van der Waals surface area contributed by atoms with E-state index in [0.717, 1.165) is 0 Å². The van der Waals surface area contributed by atoms with E-state index >= 15 is 0 Å². The van der Waals surface area contributed by atoms with E-state index in [2.05, 4.69) is 5.32 Å². The molecule has 2 atom stereocenters. The van der Waals surface area contributed by atoms with Crippen molar-refractivity contribution in [2.24, 2.45) is 11.1 Å². The van der Waals surface area contributed by atoms with Gasteiger partial charge in [0.2, 0.25) is 15.9 Å². The molecule has 12 heteroatoms. The van der Waals surface area contributed by atoms with Crippen LogP contribution in [-0.2, 0) is 29.1 Å². The van der Waals surface area contributed by atoms with Crippen LogP contribution in [0.15, 0.2) is 47.4 Å². The van der Waals surface area contributed by atoms with Crippen molar-refractivity contribution in [2.75, 3.05) is 30.0 Å². The summed E-state index contributed by atoms with van der Waals surface area (Å²) in [5.74, 6) is -1.12. The summed E-state index contributed by atoms with van der Waals surface area (Å²) in [5.41, 5.74) is 0.888. The number of primary sulfonamides is 1. The molecule has 1 fully saturated rings. The maximum atomic E-state index is 12.6. The van der Waals surface area contributed by atoms with Gasteiger partial charge in [-0.05, 0) is 43.3 Å². The normalized spacial score (nSPS) is 18.4. The molecule has 2 amide bonds. The molecular formula is C22H23N3O8S. The Morgan fingerprint density at radius 1 is 1.12 bits per heavy atom.